The van der Waals surface area contributed by atoms with Gasteiger partial charge in [-0.2, -0.15) is 0 Å². The van der Waals surface area contributed by atoms with E-state index in [0.29, 0.717) is 18.7 Å². The third kappa shape index (κ3) is 6.06. The van der Waals surface area contributed by atoms with Crippen molar-refractivity contribution in [3.63, 3.8) is 0 Å². The standard InChI is InChI=1S/C19H38N4O3S/c1-6-20-17(21-14-18(3,4)23-27(5,24)25)22-15-13-16(26-7-2)19(15)11-9-8-10-12-19/h15-16,23H,6-14H2,1-5H3,(H2,20,21,22). The van der Waals surface area contributed by atoms with Crippen LogP contribution < -0.4 is 15.4 Å². The number of hydrogen-bond donors (Lipinski definition) is 3. The Morgan fingerprint density at radius 2 is 1.89 bits per heavy atom. The Morgan fingerprint density at radius 3 is 2.44 bits per heavy atom. The van der Waals surface area contributed by atoms with Crippen LogP contribution in [0.4, 0.5) is 0 Å². The lowest BCUT2D eigenvalue weighted by Gasteiger charge is -2.58. The van der Waals surface area contributed by atoms with Crippen LogP contribution in [0.2, 0.25) is 0 Å². The molecule has 0 bridgehead atoms. The number of hydrogen-bond acceptors (Lipinski definition) is 4. The molecule has 27 heavy (non-hydrogen) atoms. The van der Waals surface area contributed by atoms with Crippen molar-refractivity contribution in [2.75, 3.05) is 26.0 Å². The molecule has 0 radical (unpaired) electrons. The second kappa shape index (κ2) is 9.09. The lowest BCUT2D eigenvalue weighted by molar-refractivity contribution is -0.145. The Kier molecular flexibility index (Phi) is 7.55. The van der Waals surface area contributed by atoms with E-state index in [1.54, 1.807) is 0 Å². The van der Waals surface area contributed by atoms with Crippen LogP contribution in [0.15, 0.2) is 4.99 Å². The van der Waals surface area contributed by atoms with Crippen LogP contribution in [0.25, 0.3) is 0 Å². The molecule has 3 N–H and O–H groups in total. The third-order valence-electron chi connectivity index (χ3n) is 5.69. The molecule has 0 aromatic carbocycles. The molecule has 2 fully saturated rings. The van der Waals surface area contributed by atoms with Gasteiger partial charge in [0, 0.05) is 30.1 Å². The minimum Gasteiger partial charge on any atom is -0.378 e. The lowest BCUT2D eigenvalue weighted by Crippen LogP contribution is -2.66. The van der Waals surface area contributed by atoms with E-state index in [-0.39, 0.29) is 5.41 Å². The van der Waals surface area contributed by atoms with E-state index in [4.69, 9.17) is 4.74 Å². The van der Waals surface area contributed by atoms with Gasteiger partial charge in [-0.1, -0.05) is 19.3 Å². The zero-order chi connectivity index (χ0) is 20.1. The monoisotopic (exact) mass is 402 g/mol. The minimum atomic E-state index is -3.27. The Hall–Kier alpha value is -0.860. The second-order valence-corrected chi connectivity index (χ2v) is 10.4. The molecule has 0 aliphatic heterocycles. The van der Waals surface area contributed by atoms with Crippen molar-refractivity contribution in [2.24, 2.45) is 10.4 Å². The number of rotatable bonds is 8. The summed E-state index contributed by atoms with van der Waals surface area (Å²) in [5.41, 5.74) is -0.420. The first-order valence-corrected chi connectivity index (χ1v) is 12.2. The van der Waals surface area contributed by atoms with Gasteiger partial charge in [-0.25, -0.2) is 13.1 Å². The smallest absolute Gasteiger partial charge is 0.209 e. The van der Waals surface area contributed by atoms with Gasteiger partial charge in [0.15, 0.2) is 5.96 Å². The highest BCUT2D eigenvalue weighted by molar-refractivity contribution is 7.88. The maximum absolute atomic E-state index is 11.5. The van der Waals surface area contributed by atoms with Gasteiger partial charge in [-0.15, -0.1) is 0 Å². The van der Waals surface area contributed by atoms with E-state index in [1.807, 2.05) is 20.8 Å². The molecular formula is C19H38N4O3S. The fourth-order valence-electron chi connectivity index (χ4n) is 4.56. The van der Waals surface area contributed by atoms with E-state index in [0.717, 1.165) is 25.5 Å². The van der Waals surface area contributed by atoms with Gasteiger partial charge in [0.2, 0.25) is 10.0 Å². The zero-order valence-electron chi connectivity index (χ0n) is 17.6. The average molecular weight is 403 g/mol. The van der Waals surface area contributed by atoms with Gasteiger partial charge in [-0.3, -0.25) is 4.99 Å². The summed E-state index contributed by atoms with van der Waals surface area (Å²) in [6.07, 6.45) is 8.77. The molecule has 2 aliphatic carbocycles. The fraction of sp³-hybridized carbons (Fsp3) is 0.947. The van der Waals surface area contributed by atoms with Crippen molar-refractivity contribution in [2.45, 2.75) is 83.9 Å². The molecule has 0 saturated heterocycles. The van der Waals surface area contributed by atoms with Crippen molar-refractivity contribution < 1.29 is 13.2 Å². The topological polar surface area (TPSA) is 91.8 Å². The van der Waals surface area contributed by atoms with E-state index in [9.17, 15) is 8.42 Å². The van der Waals surface area contributed by atoms with Crippen LogP contribution in [-0.4, -0.2) is 58.0 Å². The quantitative estimate of drug-likeness (QED) is 0.427. The van der Waals surface area contributed by atoms with Crippen LogP contribution in [0.1, 0.15) is 66.2 Å². The van der Waals surface area contributed by atoms with Crippen molar-refractivity contribution in [3.8, 4) is 0 Å². The van der Waals surface area contributed by atoms with E-state index < -0.39 is 15.6 Å². The molecule has 8 heteroatoms. The highest BCUT2D eigenvalue weighted by Gasteiger charge is 2.55. The number of nitrogens with zero attached hydrogens (tertiary/aromatic N) is 1. The number of sulfonamides is 1. The summed E-state index contributed by atoms with van der Waals surface area (Å²) in [6.45, 7) is 9.69. The first-order valence-electron chi connectivity index (χ1n) is 10.3. The van der Waals surface area contributed by atoms with Crippen molar-refractivity contribution >= 4 is 16.0 Å². The van der Waals surface area contributed by atoms with Crippen LogP contribution >= 0.6 is 0 Å². The van der Waals surface area contributed by atoms with Gasteiger partial charge in [0.25, 0.3) is 0 Å². The summed E-state index contributed by atoms with van der Waals surface area (Å²) in [5, 5.41) is 6.93. The number of guanidine groups is 1. The molecule has 158 valence electrons. The number of nitrogens with one attached hydrogen (secondary N) is 3. The van der Waals surface area contributed by atoms with Crippen LogP contribution in [0, 0.1) is 5.41 Å². The molecular weight excluding hydrogens is 364 g/mol. The fourth-order valence-corrected chi connectivity index (χ4v) is 5.63. The summed E-state index contributed by atoms with van der Waals surface area (Å²) >= 11 is 0. The molecule has 0 heterocycles. The SMILES string of the molecule is CCNC(=NCC(C)(C)NS(C)(=O)=O)NC1CC(OCC)C12CCCCC2. The molecule has 2 aliphatic rings. The Morgan fingerprint density at radius 1 is 1.22 bits per heavy atom. The van der Waals surface area contributed by atoms with Crippen molar-refractivity contribution in [1.82, 2.24) is 15.4 Å². The normalized spacial score (nSPS) is 25.9. The van der Waals surface area contributed by atoms with Crippen LogP contribution in [0.3, 0.4) is 0 Å². The summed E-state index contributed by atoms with van der Waals surface area (Å²) in [7, 11) is -3.27. The van der Waals surface area contributed by atoms with Gasteiger partial charge in [0.1, 0.15) is 0 Å². The Balaban J connectivity index is 2.06. The summed E-state index contributed by atoms with van der Waals surface area (Å²) < 4.78 is 31.8. The predicted molar refractivity (Wildman–Crippen MR) is 111 cm³/mol. The van der Waals surface area contributed by atoms with E-state index >= 15 is 0 Å². The molecule has 0 aromatic rings. The van der Waals surface area contributed by atoms with Gasteiger partial charge in [0.05, 0.1) is 18.9 Å². The molecule has 2 saturated carbocycles. The molecule has 2 rings (SSSR count). The second-order valence-electron chi connectivity index (χ2n) is 8.62. The van der Waals surface area contributed by atoms with Crippen molar-refractivity contribution in [3.05, 3.63) is 0 Å². The molecule has 2 unspecified atom stereocenters. The first kappa shape index (κ1) is 22.4. The maximum Gasteiger partial charge on any atom is 0.209 e. The number of aliphatic imine (C=N–C) groups is 1. The van der Waals surface area contributed by atoms with Crippen LogP contribution in [0.5, 0.6) is 0 Å². The average Bonchev–Trinajstić information content (AvgIpc) is 2.57. The van der Waals surface area contributed by atoms with E-state index in [2.05, 4.69) is 27.3 Å². The first-order chi connectivity index (χ1) is 12.6. The highest BCUT2D eigenvalue weighted by atomic mass is 32.2. The van der Waals surface area contributed by atoms with Gasteiger partial charge >= 0.3 is 0 Å². The molecule has 7 nitrogen and oxygen atoms in total. The third-order valence-corrected chi connectivity index (χ3v) is 6.61. The lowest BCUT2D eigenvalue weighted by atomic mass is 9.55. The van der Waals surface area contributed by atoms with Gasteiger partial charge < -0.3 is 15.4 Å². The predicted octanol–water partition coefficient (Wildman–Crippen LogP) is 2.00. The Labute approximate surface area is 165 Å². The minimum absolute atomic E-state index is 0.213. The molecule has 1 spiro atoms. The molecule has 2 atom stereocenters. The summed E-state index contributed by atoms with van der Waals surface area (Å²) in [4.78, 5) is 4.67. The van der Waals surface area contributed by atoms with Crippen molar-refractivity contribution in [1.29, 1.82) is 0 Å². The van der Waals surface area contributed by atoms with E-state index in [1.165, 1.54) is 38.4 Å². The van der Waals surface area contributed by atoms with Gasteiger partial charge in [-0.05, 0) is 47.0 Å². The zero-order valence-corrected chi connectivity index (χ0v) is 18.4. The highest BCUT2D eigenvalue weighted by Crippen LogP contribution is 2.53. The molecule has 0 amide bonds. The van der Waals surface area contributed by atoms with Crippen LogP contribution in [-0.2, 0) is 14.8 Å². The molecule has 0 aromatic heterocycles. The number of ether oxygens (including phenoxy) is 1. The summed E-state index contributed by atoms with van der Waals surface area (Å²) in [6, 6.07) is 0.359. The summed E-state index contributed by atoms with van der Waals surface area (Å²) in [5.74, 6) is 0.755. The maximum atomic E-state index is 11.5. The largest absolute Gasteiger partial charge is 0.378 e. The Bertz CT molecular complexity index is 612.